The van der Waals surface area contributed by atoms with Crippen molar-refractivity contribution < 1.29 is 9.53 Å². The van der Waals surface area contributed by atoms with Crippen LogP contribution in [0.5, 0.6) is 0 Å². The van der Waals surface area contributed by atoms with E-state index in [-0.39, 0.29) is 12.2 Å². The first-order valence-electron chi connectivity index (χ1n) is 9.07. The number of hydrogen-bond acceptors (Lipinski definition) is 5. The Balaban J connectivity index is 1.62. The molecule has 4 rings (SSSR count). The molecule has 2 heterocycles. The molecule has 4 aromatic rings. The van der Waals surface area contributed by atoms with E-state index in [1.54, 1.807) is 25.1 Å². The Labute approximate surface area is 186 Å². The van der Waals surface area contributed by atoms with Crippen LogP contribution < -0.4 is 5.56 Å². The van der Waals surface area contributed by atoms with Gasteiger partial charge in [0.1, 0.15) is 16.3 Å². The molecule has 0 amide bonds. The largest absolute Gasteiger partial charge is 0.457 e. The van der Waals surface area contributed by atoms with Crippen LogP contribution in [0.4, 0.5) is 0 Å². The fourth-order valence-electron chi connectivity index (χ4n) is 3.09. The Bertz CT molecular complexity index is 1300. The molecule has 0 aliphatic rings. The normalized spacial score (nSPS) is 11.0. The monoisotopic (exact) mass is 458 g/mol. The van der Waals surface area contributed by atoms with Crippen LogP contribution in [-0.4, -0.2) is 15.5 Å². The van der Waals surface area contributed by atoms with E-state index in [0.717, 1.165) is 22.5 Å². The summed E-state index contributed by atoms with van der Waals surface area (Å²) in [6.07, 6.45) is 1.47. The van der Waals surface area contributed by atoms with Gasteiger partial charge in [-0.3, -0.25) is 9.36 Å². The second-order valence-corrected chi connectivity index (χ2v) is 8.54. The molecular formula is C22H16Cl2N2O3S. The zero-order chi connectivity index (χ0) is 21.3. The van der Waals surface area contributed by atoms with Crippen LogP contribution in [-0.2, 0) is 17.9 Å². The Kier molecular flexibility index (Phi) is 5.90. The molecule has 0 atom stereocenters. The molecule has 0 radical (unpaired) electrons. The highest BCUT2D eigenvalue weighted by molar-refractivity contribution is 7.20. The van der Waals surface area contributed by atoms with Crippen molar-refractivity contribution in [2.75, 3.05) is 0 Å². The van der Waals surface area contributed by atoms with Crippen molar-refractivity contribution in [1.29, 1.82) is 0 Å². The summed E-state index contributed by atoms with van der Waals surface area (Å²) < 4.78 is 6.91. The van der Waals surface area contributed by atoms with Gasteiger partial charge in [-0.15, -0.1) is 11.3 Å². The number of carbonyl (C=O) groups excluding carboxylic acids is 1. The van der Waals surface area contributed by atoms with Crippen molar-refractivity contribution in [2.45, 2.75) is 20.1 Å². The summed E-state index contributed by atoms with van der Waals surface area (Å²) in [6, 6.07) is 14.6. The molecule has 0 N–H and O–H groups in total. The van der Waals surface area contributed by atoms with E-state index in [2.05, 4.69) is 4.98 Å². The van der Waals surface area contributed by atoms with Crippen LogP contribution in [0.15, 0.2) is 59.7 Å². The van der Waals surface area contributed by atoms with Gasteiger partial charge < -0.3 is 4.74 Å². The van der Waals surface area contributed by atoms with E-state index in [1.807, 2.05) is 30.3 Å². The summed E-state index contributed by atoms with van der Waals surface area (Å²) in [5.41, 5.74) is 2.07. The third-order valence-electron chi connectivity index (χ3n) is 4.65. The van der Waals surface area contributed by atoms with Gasteiger partial charge in [0.15, 0.2) is 0 Å². The van der Waals surface area contributed by atoms with Gasteiger partial charge in [0.2, 0.25) is 0 Å². The molecule has 2 aromatic heterocycles. The van der Waals surface area contributed by atoms with E-state index >= 15 is 0 Å². The highest BCUT2D eigenvalue weighted by Crippen LogP contribution is 2.28. The Morgan fingerprint density at radius 2 is 1.87 bits per heavy atom. The average Bonchev–Trinajstić information content (AvgIpc) is 3.09. The number of thiophene rings is 1. The summed E-state index contributed by atoms with van der Waals surface area (Å²) in [4.78, 5) is 30.9. The number of benzene rings is 2. The van der Waals surface area contributed by atoms with E-state index < -0.39 is 5.97 Å². The molecular weight excluding hydrogens is 443 g/mol. The lowest BCUT2D eigenvalue weighted by Crippen LogP contribution is -2.21. The predicted octanol–water partition coefficient (Wildman–Crippen LogP) is 5.48. The van der Waals surface area contributed by atoms with Gasteiger partial charge in [0.05, 0.1) is 28.3 Å². The van der Waals surface area contributed by atoms with Crippen LogP contribution in [0.25, 0.3) is 10.2 Å². The lowest BCUT2D eigenvalue weighted by Gasteiger charge is -2.07. The van der Waals surface area contributed by atoms with E-state index in [1.165, 1.54) is 10.9 Å². The highest BCUT2D eigenvalue weighted by atomic mass is 35.5. The zero-order valence-corrected chi connectivity index (χ0v) is 18.2. The van der Waals surface area contributed by atoms with Crippen molar-refractivity contribution in [2.24, 2.45) is 0 Å². The Morgan fingerprint density at radius 3 is 2.60 bits per heavy atom. The summed E-state index contributed by atoms with van der Waals surface area (Å²) in [5, 5.41) is 1.30. The molecule has 5 nitrogen and oxygen atoms in total. The molecule has 2 aromatic carbocycles. The second kappa shape index (κ2) is 8.60. The predicted molar refractivity (Wildman–Crippen MR) is 120 cm³/mol. The van der Waals surface area contributed by atoms with Gasteiger partial charge in [-0.1, -0.05) is 59.6 Å². The van der Waals surface area contributed by atoms with Crippen LogP contribution >= 0.6 is 34.5 Å². The topological polar surface area (TPSA) is 61.2 Å². The number of rotatable bonds is 5. The number of ether oxygens (including phenoxy) is 1. The molecule has 152 valence electrons. The Morgan fingerprint density at radius 1 is 1.10 bits per heavy atom. The SMILES string of the molecule is Cc1c(C(=O)OCc2ccccc2)sc2ncn(Cc3ccc(Cl)c(Cl)c3)c(=O)c12. The first-order chi connectivity index (χ1) is 14.4. The minimum atomic E-state index is -0.463. The number of esters is 1. The van der Waals surface area contributed by atoms with Crippen molar-refractivity contribution in [3.8, 4) is 0 Å². The van der Waals surface area contributed by atoms with E-state index in [0.29, 0.717) is 37.2 Å². The molecule has 0 aliphatic heterocycles. The summed E-state index contributed by atoms with van der Waals surface area (Å²) in [7, 11) is 0. The van der Waals surface area contributed by atoms with E-state index in [4.69, 9.17) is 27.9 Å². The van der Waals surface area contributed by atoms with Gasteiger partial charge >= 0.3 is 5.97 Å². The van der Waals surface area contributed by atoms with Gasteiger partial charge in [-0.05, 0) is 35.7 Å². The first kappa shape index (κ1) is 20.6. The fraction of sp³-hybridized carbons (Fsp3) is 0.136. The number of hydrogen-bond donors (Lipinski definition) is 0. The number of halogens is 2. The maximum Gasteiger partial charge on any atom is 0.349 e. The fourth-order valence-corrected chi connectivity index (χ4v) is 4.44. The zero-order valence-electron chi connectivity index (χ0n) is 15.9. The molecule has 0 spiro atoms. The smallest absolute Gasteiger partial charge is 0.349 e. The quantitative estimate of drug-likeness (QED) is 0.371. The third kappa shape index (κ3) is 4.12. The molecule has 30 heavy (non-hydrogen) atoms. The maximum atomic E-state index is 13.0. The molecule has 8 heteroatoms. The number of aromatic nitrogens is 2. The van der Waals surface area contributed by atoms with Crippen LogP contribution in [0.1, 0.15) is 26.4 Å². The third-order valence-corrected chi connectivity index (χ3v) is 6.57. The molecule has 0 unspecified atom stereocenters. The molecule has 0 saturated heterocycles. The van der Waals surface area contributed by atoms with Crippen LogP contribution in [0, 0.1) is 6.92 Å². The molecule has 0 fully saturated rings. The lowest BCUT2D eigenvalue weighted by atomic mass is 10.2. The number of nitrogens with zero attached hydrogens (tertiary/aromatic N) is 2. The summed E-state index contributed by atoms with van der Waals surface area (Å²) >= 11 is 13.2. The lowest BCUT2D eigenvalue weighted by molar-refractivity contribution is 0.0478. The molecule has 0 aliphatic carbocycles. The van der Waals surface area contributed by atoms with Crippen molar-refractivity contribution in [1.82, 2.24) is 9.55 Å². The van der Waals surface area contributed by atoms with Crippen molar-refractivity contribution in [3.63, 3.8) is 0 Å². The molecule has 0 bridgehead atoms. The summed E-state index contributed by atoms with van der Waals surface area (Å²) in [5.74, 6) is -0.463. The average molecular weight is 459 g/mol. The standard InChI is InChI=1S/C22H16Cl2N2O3S/c1-13-18-20(30-19(13)22(28)29-11-14-5-3-2-4-6-14)25-12-26(21(18)27)10-15-7-8-16(23)17(24)9-15/h2-9,12H,10-11H2,1H3. The maximum absolute atomic E-state index is 13.0. The molecule has 0 saturated carbocycles. The Hall–Kier alpha value is -2.67. The van der Waals surface area contributed by atoms with Crippen LogP contribution in [0.2, 0.25) is 10.0 Å². The van der Waals surface area contributed by atoms with Gasteiger partial charge in [0.25, 0.3) is 5.56 Å². The minimum Gasteiger partial charge on any atom is -0.457 e. The summed E-state index contributed by atoms with van der Waals surface area (Å²) in [6.45, 7) is 2.20. The van der Waals surface area contributed by atoms with Gasteiger partial charge in [0, 0.05) is 0 Å². The van der Waals surface area contributed by atoms with Gasteiger partial charge in [-0.2, -0.15) is 0 Å². The number of aryl methyl sites for hydroxylation is 1. The minimum absolute atomic E-state index is 0.169. The first-order valence-corrected chi connectivity index (χ1v) is 10.6. The number of carbonyl (C=O) groups is 1. The van der Waals surface area contributed by atoms with Crippen molar-refractivity contribution >= 4 is 50.7 Å². The highest BCUT2D eigenvalue weighted by Gasteiger charge is 2.20. The number of fused-ring (bicyclic) bond motifs is 1. The van der Waals surface area contributed by atoms with Crippen molar-refractivity contribution in [3.05, 3.63) is 96.8 Å². The van der Waals surface area contributed by atoms with Gasteiger partial charge in [-0.25, -0.2) is 9.78 Å². The second-order valence-electron chi connectivity index (χ2n) is 6.72. The van der Waals surface area contributed by atoms with Crippen LogP contribution in [0.3, 0.4) is 0 Å². The van der Waals surface area contributed by atoms with E-state index in [9.17, 15) is 9.59 Å².